The van der Waals surface area contributed by atoms with Crippen molar-refractivity contribution in [2.45, 2.75) is 37.8 Å². The Labute approximate surface area is 164 Å². The van der Waals surface area contributed by atoms with Crippen LogP contribution < -0.4 is 10.2 Å². The minimum absolute atomic E-state index is 0.0442. The predicted molar refractivity (Wildman–Crippen MR) is 103 cm³/mol. The molecule has 2 aliphatic rings. The molecule has 4 rings (SSSR count). The first kappa shape index (κ1) is 18.8. The van der Waals surface area contributed by atoms with Crippen LogP contribution in [0.1, 0.15) is 37.3 Å². The summed E-state index contributed by atoms with van der Waals surface area (Å²) in [5.41, 5.74) is 0.888. The maximum absolute atomic E-state index is 13.3. The van der Waals surface area contributed by atoms with Crippen LogP contribution in [0, 0.1) is 11.7 Å². The summed E-state index contributed by atoms with van der Waals surface area (Å²) in [4.78, 5) is 23.6. The van der Waals surface area contributed by atoms with Crippen LogP contribution >= 0.6 is 0 Å². The maximum atomic E-state index is 13.3. The number of nitrogens with one attached hydrogen (secondary N) is 1. The molecule has 3 heterocycles. The van der Waals surface area contributed by atoms with Gasteiger partial charge in [0.15, 0.2) is 0 Å². The number of ether oxygens (including phenoxy) is 1. The summed E-state index contributed by atoms with van der Waals surface area (Å²) >= 11 is 0. The Morgan fingerprint density at radius 2 is 1.96 bits per heavy atom. The van der Waals surface area contributed by atoms with Gasteiger partial charge in [0.2, 0.25) is 5.91 Å². The van der Waals surface area contributed by atoms with Gasteiger partial charge in [0.25, 0.3) is 0 Å². The standard InChI is InChI=1S/C21H25FN4O2/c22-17-5-3-15(4-6-17)20(18-2-1-13-28-18)25-21(27)16-7-11-26(12-8-16)19-14-23-9-10-24-19/h3-6,9-10,14,16,18,20H,1-2,7-8,11-13H2,(H,25,27)/t18-,20+/m0/s1. The SMILES string of the molecule is O=C(N[C@H](c1ccc(F)cc1)[C@@H]1CCCO1)C1CCN(c2cnccn2)CC1. The normalized spacial score (nSPS) is 21.5. The van der Waals surface area contributed by atoms with Gasteiger partial charge in [-0.3, -0.25) is 9.78 Å². The molecule has 7 heteroatoms. The fraction of sp³-hybridized carbons (Fsp3) is 0.476. The first-order valence-electron chi connectivity index (χ1n) is 9.89. The second-order valence-electron chi connectivity index (χ2n) is 7.41. The number of hydrogen-bond acceptors (Lipinski definition) is 5. The van der Waals surface area contributed by atoms with Gasteiger partial charge in [0.1, 0.15) is 11.6 Å². The number of carbonyl (C=O) groups excluding carboxylic acids is 1. The number of amides is 1. The Morgan fingerprint density at radius 1 is 1.18 bits per heavy atom. The lowest BCUT2D eigenvalue weighted by Crippen LogP contribution is -2.44. The number of halogens is 1. The van der Waals surface area contributed by atoms with Gasteiger partial charge in [-0.05, 0) is 43.4 Å². The van der Waals surface area contributed by atoms with Crippen LogP contribution in [0.3, 0.4) is 0 Å². The minimum Gasteiger partial charge on any atom is -0.376 e. The highest BCUT2D eigenvalue weighted by Crippen LogP contribution is 2.29. The van der Waals surface area contributed by atoms with Crippen LogP contribution in [-0.4, -0.2) is 41.7 Å². The second kappa shape index (κ2) is 8.65. The lowest BCUT2D eigenvalue weighted by atomic mass is 9.93. The summed E-state index contributed by atoms with van der Waals surface area (Å²) in [6, 6.07) is 6.09. The van der Waals surface area contributed by atoms with Crippen molar-refractivity contribution in [1.29, 1.82) is 0 Å². The van der Waals surface area contributed by atoms with Crippen molar-refractivity contribution in [3.05, 3.63) is 54.2 Å². The third-order valence-corrected chi connectivity index (χ3v) is 5.60. The molecule has 0 saturated carbocycles. The Morgan fingerprint density at radius 3 is 2.61 bits per heavy atom. The van der Waals surface area contributed by atoms with Crippen LogP contribution in [0.5, 0.6) is 0 Å². The predicted octanol–water partition coefficient (Wildman–Crippen LogP) is 2.87. The van der Waals surface area contributed by atoms with Crippen molar-refractivity contribution in [3.63, 3.8) is 0 Å². The first-order chi connectivity index (χ1) is 13.7. The van der Waals surface area contributed by atoms with Gasteiger partial charge in [-0.25, -0.2) is 9.37 Å². The van der Waals surface area contributed by atoms with E-state index in [1.165, 1.54) is 12.1 Å². The molecule has 0 radical (unpaired) electrons. The zero-order chi connectivity index (χ0) is 19.3. The molecule has 2 saturated heterocycles. The van der Waals surface area contributed by atoms with E-state index in [2.05, 4.69) is 20.2 Å². The van der Waals surface area contributed by atoms with Crippen LogP contribution in [0.15, 0.2) is 42.9 Å². The number of carbonyl (C=O) groups is 1. The zero-order valence-electron chi connectivity index (χ0n) is 15.8. The number of rotatable bonds is 5. The van der Waals surface area contributed by atoms with Gasteiger partial charge < -0.3 is 15.0 Å². The molecule has 2 atom stereocenters. The molecular weight excluding hydrogens is 359 g/mol. The zero-order valence-corrected chi connectivity index (χ0v) is 15.8. The average molecular weight is 384 g/mol. The molecule has 28 heavy (non-hydrogen) atoms. The number of piperidine rings is 1. The summed E-state index contributed by atoms with van der Waals surface area (Å²) in [7, 11) is 0. The monoisotopic (exact) mass is 384 g/mol. The number of hydrogen-bond donors (Lipinski definition) is 1. The molecule has 0 aliphatic carbocycles. The smallest absolute Gasteiger partial charge is 0.223 e. The van der Waals surface area contributed by atoms with Gasteiger partial charge >= 0.3 is 0 Å². The summed E-state index contributed by atoms with van der Waals surface area (Å²) in [5, 5.41) is 3.19. The Kier molecular flexibility index (Phi) is 5.81. The second-order valence-corrected chi connectivity index (χ2v) is 7.41. The first-order valence-corrected chi connectivity index (χ1v) is 9.89. The largest absolute Gasteiger partial charge is 0.376 e. The molecule has 1 aromatic carbocycles. The number of benzene rings is 1. The molecule has 1 aromatic heterocycles. The van der Waals surface area contributed by atoms with E-state index in [1.54, 1.807) is 30.7 Å². The molecule has 2 fully saturated rings. The molecule has 148 valence electrons. The van der Waals surface area contributed by atoms with E-state index >= 15 is 0 Å². The molecule has 0 spiro atoms. The highest BCUT2D eigenvalue weighted by Gasteiger charge is 2.32. The van der Waals surface area contributed by atoms with Gasteiger partial charge in [0.05, 0.1) is 18.3 Å². The third kappa shape index (κ3) is 4.30. The molecule has 6 nitrogen and oxygen atoms in total. The molecule has 0 bridgehead atoms. The van der Waals surface area contributed by atoms with Crippen LogP contribution in [0.2, 0.25) is 0 Å². The fourth-order valence-electron chi connectivity index (χ4n) is 4.02. The highest BCUT2D eigenvalue weighted by molar-refractivity contribution is 5.79. The van der Waals surface area contributed by atoms with Gasteiger partial charge in [0, 0.05) is 38.0 Å². The third-order valence-electron chi connectivity index (χ3n) is 5.60. The van der Waals surface area contributed by atoms with Crippen molar-refractivity contribution in [2.24, 2.45) is 5.92 Å². The topological polar surface area (TPSA) is 67.3 Å². The quantitative estimate of drug-likeness (QED) is 0.859. The lowest BCUT2D eigenvalue weighted by Gasteiger charge is -2.33. The van der Waals surface area contributed by atoms with E-state index in [0.717, 1.165) is 50.2 Å². The van der Waals surface area contributed by atoms with E-state index in [4.69, 9.17) is 4.74 Å². The average Bonchev–Trinajstić information content (AvgIpc) is 3.28. The summed E-state index contributed by atoms with van der Waals surface area (Å²) in [6.45, 7) is 2.25. The summed E-state index contributed by atoms with van der Waals surface area (Å²) in [5.74, 6) is 0.573. The van der Waals surface area contributed by atoms with Crippen molar-refractivity contribution in [3.8, 4) is 0 Å². The molecule has 0 unspecified atom stereocenters. The van der Waals surface area contributed by atoms with Crippen LogP contribution in [-0.2, 0) is 9.53 Å². The summed E-state index contributed by atoms with van der Waals surface area (Å²) in [6.07, 6.45) is 8.45. The summed E-state index contributed by atoms with van der Waals surface area (Å²) < 4.78 is 19.2. The molecule has 1 amide bonds. The van der Waals surface area contributed by atoms with Crippen LogP contribution in [0.25, 0.3) is 0 Å². The minimum atomic E-state index is -0.280. The maximum Gasteiger partial charge on any atom is 0.223 e. The lowest BCUT2D eigenvalue weighted by molar-refractivity contribution is -0.127. The Hall–Kier alpha value is -2.54. The van der Waals surface area contributed by atoms with Gasteiger partial charge in [-0.15, -0.1) is 0 Å². The van der Waals surface area contributed by atoms with E-state index < -0.39 is 0 Å². The fourth-order valence-corrected chi connectivity index (χ4v) is 4.02. The van der Waals surface area contributed by atoms with E-state index in [1.807, 2.05) is 0 Å². The highest BCUT2D eigenvalue weighted by atomic mass is 19.1. The molecule has 1 N–H and O–H groups in total. The van der Waals surface area contributed by atoms with Crippen molar-refractivity contribution < 1.29 is 13.9 Å². The van der Waals surface area contributed by atoms with E-state index in [9.17, 15) is 9.18 Å². The Bertz CT molecular complexity index is 773. The van der Waals surface area contributed by atoms with Crippen molar-refractivity contribution >= 4 is 11.7 Å². The van der Waals surface area contributed by atoms with Gasteiger partial charge in [-0.2, -0.15) is 0 Å². The van der Waals surface area contributed by atoms with Crippen molar-refractivity contribution in [2.75, 3.05) is 24.6 Å². The Balaban J connectivity index is 1.40. The number of nitrogens with zero attached hydrogens (tertiary/aromatic N) is 3. The molecular formula is C21H25FN4O2. The van der Waals surface area contributed by atoms with Crippen LogP contribution in [0.4, 0.5) is 10.2 Å². The molecule has 2 aromatic rings. The van der Waals surface area contributed by atoms with E-state index in [-0.39, 0.29) is 29.8 Å². The van der Waals surface area contributed by atoms with Gasteiger partial charge in [-0.1, -0.05) is 12.1 Å². The number of anilines is 1. The number of aromatic nitrogens is 2. The molecule has 2 aliphatic heterocycles. The van der Waals surface area contributed by atoms with E-state index in [0.29, 0.717) is 6.61 Å². The van der Waals surface area contributed by atoms with Crippen molar-refractivity contribution in [1.82, 2.24) is 15.3 Å².